The minimum absolute atomic E-state index is 0.245. The molecule has 0 atom stereocenters. The van der Waals surface area contributed by atoms with Crippen LogP contribution in [0.2, 0.25) is 0 Å². The number of hydrogen-bond acceptors (Lipinski definition) is 9. The normalized spacial score (nSPS) is 14.9. The van der Waals surface area contributed by atoms with Gasteiger partial charge in [-0.3, -0.25) is 0 Å². The zero-order chi connectivity index (χ0) is 24.4. The Kier molecular flexibility index (Phi) is 6.22. The maximum Gasteiger partial charge on any atom is 0.243 e. The number of sulfonamides is 1. The molecule has 0 unspecified atom stereocenters. The van der Waals surface area contributed by atoms with Crippen molar-refractivity contribution >= 4 is 27.0 Å². The highest BCUT2D eigenvalue weighted by atomic mass is 32.2. The predicted octanol–water partition coefficient (Wildman–Crippen LogP) is 2.13. The van der Waals surface area contributed by atoms with Gasteiger partial charge >= 0.3 is 0 Å². The molecule has 0 spiro atoms. The van der Waals surface area contributed by atoms with Crippen molar-refractivity contribution < 1.29 is 17.9 Å². The van der Waals surface area contributed by atoms with Crippen molar-refractivity contribution in [3.63, 3.8) is 0 Å². The van der Waals surface area contributed by atoms with Gasteiger partial charge in [-0.25, -0.2) is 18.4 Å². The predicted molar refractivity (Wildman–Crippen MR) is 130 cm³/mol. The van der Waals surface area contributed by atoms with Crippen LogP contribution < -0.4 is 14.4 Å². The SMILES string of the molecule is CCOc1ccc(-n2nnc3c(N4CCN(S(=O)(=O)c5ccc(OC)cc5)CC4)ncnc32)cc1. The topological polar surface area (TPSA) is 116 Å². The van der Waals surface area contributed by atoms with Crippen molar-refractivity contribution in [2.75, 3.05) is 44.8 Å². The molecule has 5 rings (SSSR count). The molecule has 12 heteroatoms. The Morgan fingerprint density at radius 2 is 1.60 bits per heavy atom. The number of aromatic nitrogens is 5. The zero-order valence-electron chi connectivity index (χ0n) is 19.4. The maximum atomic E-state index is 13.1. The fraction of sp³-hybridized carbons (Fsp3) is 0.304. The second-order valence-corrected chi connectivity index (χ2v) is 9.80. The molecule has 0 bridgehead atoms. The highest BCUT2D eigenvalue weighted by Gasteiger charge is 2.30. The number of rotatable bonds is 7. The Hall–Kier alpha value is -3.77. The molecule has 35 heavy (non-hydrogen) atoms. The van der Waals surface area contributed by atoms with Crippen LogP contribution in [0.4, 0.5) is 5.82 Å². The highest BCUT2D eigenvalue weighted by molar-refractivity contribution is 7.89. The van der Waals surface area contributed by atoms with Gasteiger partial charge in [-0.15, -0.1) is 5.10 Å². The summed E-state index contributed by atoms with van der Waals surface area (Å²) in [7, 11) is -2.05. The molecule has 0 aliphatic carbocycles. The molecule has 1 aliphatic heterocycles. The van der Waals surface area contributed by atoms with Crippen LogP contribution in [0.1, 0.15) is 6.92 Å². The number of ether oxygens (including phenoxy) is 2. The van der Waals surface area contributed by atoms with E-state index in [-0.39, 0.29) is 4.90 Å². The summed E-state index contributed by atoms with van der Waals surface area (Å²) in [4.78, 5) is 11.1. The molecule has 0 N–H and O–H groups in total. The van der Waals surface area contributed by atoms with Gasteiger partial charge < -0.3 is 14.4 Å². The number of benzene rings is 2. The van der Waals surface area contributed by atoms with E-state index in [0.717, 1.165) is 11.4 Å². The summed E-state index contributed by atoms with van der Waals surface area (Å²) in [6, 6.07) is 13.9. The van der Waals surface area contributed by atoms with Crippen molar-refractivity contribution in [3.8, 4) is 17.2 Å². The quantitative estimate of drug-likeness (QED) is 0.380. The van der Waals surface area contributed by atoms with E-state index in [1.54, 1.807) is 36.1 Å². The molecule has 4 aromatic rings. The number of hydrogen-bond donors (Lipinski definition) is 0. The van der Waals surface area contributed by atoms with Crippen molar-refractivity contribution in [2.45, 2.75) is 11.8 Å². The van der Waals surface area contributed by atoms with Gasteiger partial charge in [0, 0.05) is 26.2 Å². The Morgan fingerprint density at radius 3 is 2.26 bits per heavy atom. The third-order valence-electron chi connectivity index (χ3n) is 5.85. The van der Waals surface area contributed by atoms with Crippen LogP contribution in [0, 0.1) is 0 Å². The molecule has 182 valence electrons. The summed E-state index contributed by atoms with van der Waals surface area (Å²) in [6.07, 6.45) is 1.48. The lowest BCUT2D eigenvalue weighted by molar-refractivity contribution is 0.340. The minimum atomic E-state index is -3.60. The van der Waals surface area contributed by atoms with Crippen LogP contribution in [0.5, 0.6) is 11.5 Å². The second kappa shape index (κ2) is 9.47. The first-order chi connectivity index (χ1) is 17.0. The van der Waals surface area contributed by atoms with Gasteiger partial charge in [0.1, 0.15) is 17.8 Å². The summed E-state index contributed by atoms with van der Waals surface area (Å²) in [5.74, 6) is 2.02. The van der Waals surface area contributed by atoms with Crippen molar-refractivity contribution in [2.24, 2.45) is 0 Å². The van der Waals surface area contributed by atoms with E-state index in [2.05, 4.69) is 20.3 Å². The fourth-order valence-electron chi connectivity index (χ4n) is 4.03. The van der Waals surface area contributed by atoms with E-state index in [1.807, 2.05) is 36.1 Å². The average Bonchev–Trinajstić information content (AvgIpc) is 3.34. The number of methoxy groups -OCH3 is 1. The number of piperazine rings is 1. The lowest BCUT2D eigenvalue weighted by Crippen LogP contribution is -2.49. The standard InChI is InChI=1S/C23H25N7O4S/c1-3-34-19-6-4-17(5-7-19)30-23-21(26-27-30)22(24-16-25-23)28-12-14-29(15-13-28)35(31,32)20-10-8-18(33-2)9-11-20/h4-11,16H,3,12-15H2,1-2H3. The molecule has 1 aliphatic rings. The molecule has 0 radical (unpaired) electrons. The number of anilines is 1. The van der Waals surface area contributed by atoms with Crippen molar-refractivity contribution in [1.29, 1.82) is 0 Å². The molecule has 3 heterocycles. The van der Waals surface area contributed by atoms with Gasteiger partial charge in [0.25, 0.3) is 0 Å². The van der Waals surface area contributed by atoms with Crippen LogP contribution in [0.15, 0.2) is 59.8 Å². The van der Waals surface area contributed by atoms with Crippen LogP contribution in [-0.2, 0) is 10.0 Å². The van der Waals surface area contributed by atoms with Crippen molar-refractivity contribution in [1.82, 2.24) is 29.3 Å². The average molecular weight is 496 g/mol. The van der Waals surface area contributed by atoms with Crippen LogP contribution >= 0.6 is 0 Å². The molecular weight excluding hydrogens is 470 g/mol. The molecule has 1 saturated heterocycles. The third kappa shape index (κ3) is 4.37. The van der Waals surface area contributed by atoms with Gasteiger partial charge in [-0.2, -0.15) is 8.99 Å². The number of nitrogens with zero attached hydrogens (tertiary/aromatic N) is 7. The minimum Gasteiger partial charge on any atom is -0.497 e. The summed E-state index contributed by atoms with van der Waals surface area (Å²) >= 11 is 0. The van der Waals surface area contributed by atoms with E-state index in [4.69, 9.17) is 9.47 Å². The van der Waals surface area contributed by atoms with Gasteiger partial charge in [0.15, 0.2) is 17.0 Å². The highest BCUT2D eigenvalue weighted by Crippen LogP contribution is 2.26. The van der Waals surface area contributed by atoms with E-state index >= 15 is 0 Å². The Labute approximate surface area is 203 Å². The fourth-order valence-corrected chi connectivity index (χ4v) is 5.45. The van der Waals surface area contributed by atoms with Crippen LogP contribution in [0.3, 0.4) is 0 Å². The van der Waals surface area contributed by atoms with Crippen LogP contribution in [0.25, 0.3) is 16.9 Å². The van der Waals surface area contributed by atoms with Crippen LogP contribution in [-0.4, -0.2) is 77.6 Å². The molecule has 0 saturated carbocycles. The van der Waals surface area contributed by atoms with E-state index in [0.29, 0.717) is 55.5 Å². The molecule has 2 aromatic carbocycles. The Bertz CT molecular complexity index is 1410. The summed E-state index contributed by atoms with van der Waals surface area (Å²) < 4.78 is 39.9. The van der Waals surface area contributed by atoms with Gasteiger partial charge in [0.2, 0.25) is 10.0 Å². The van der Waals surface area contributed by atoms with E-state index in [1.165, 1.54) is 10.6 Å². The smallest absolute Gasteiger partial charge is 0.243 e. The number of fused-ring (bicyclic) bond motifs is 1. The Morgan fingerprint density at radius 1 is 0.914 bits per heavy atom. The molecule has 1 fully saturated rings. The van der Waals surface area contributed by atoms with Gasteiger partial charge in [0.05, 0.1) is 24.3 Å². The summed E-state index contributed by atoms with van der Waals surface area (Å²) in [6.45, 7) is 4.12. The first kappa shape index (κ1) is 23.0. The molecule has 11 nitrogen and oxygen atoms in total. The summed E-state index contributed by atoms with van der Waals surface area (Å²) in [5, 5.41) is 8.62. The van der Waals surface area contributed by atoms with Gasteiger partial charge in [-0.05, 0) is 55.5 Å². The molecule has 0 amide bonds. The monoisotopic (exact) mass is 495 g/mol. The van der Waals surface area contributed by atoms with Crippen molar-refractivity contribution in [3.05, 3.63) is 54.9 Å². The second-order valence-electron chi connectivity index (χ2n) is 7.86. The third-order valence-corrected chi connectivity index (χ3v) is 7.76. The largest absolute Gasteiger partial charge is 0.497 e. The first-order valence-corrected chi connectivity index (χ1v) is 12.6. The first-order valence-electron chi connectivity index (χ1n) is 11.2. The molecular formula is C23H25N7O4S. The maximum absolute atomic E-state index is 13.1. The Balaban J connectivity index is 1.35. The zero-order valence-corrected chi connectivity index (χ0v) is 20.2. The summed E-state index contributed by atoms with van der Waals surface area (Å²) in [5.41, 5.74) is 1.94. The lowest BCUT2D eigenvalue weighted by atomic mass is 10.3. The van der Waals surface area contributed by atoms with E-state index < -0.39 is 10.0 Å². The lowest BCUT2D eigenvalue weighted by Gasteiger charge is -2.34. The molecule has 2 aromatic heterocycles. The van der Waals surface area contributed by atoms with E-state index in [9.17, 15) is 8.42 Å². The van der Waals surface area contributed by atoms with Gasteiger partial charge in [-0.1, -0.05) is 5.21 Å².